The fraction of sp³-hybridized carbons (Fsp3) is 0.290. The predicted octanol–water partition coefficient (Wildman–Crippen LogP) is 4.50. The van der Waals surface area contributed by atoms with Crippen LogP contribution in [0.15, 0.2) is 84.4 Å². The Morgan fingerprint density at radius 2 is 1.63 bits per heavy atom. The van der Waals surface area contributed by atoms with Gasteiger partial charge in [-0.3, -0.25) is 14.5 Å². The third-order valence-corrected chi connectivity index (χ3v) is 7.34. The van der Waals surface area contributed by atoms with Crippen LogP contribution < -0.4 is 4.74 Å². The average molecular weight is 513 g/mol. The van der Waals surface area contributed by atoms with Crippen molar-refractivity contribution in [3.8, 4) is 5.75 Å². The second kappa shape index (κ2) is 11.2. The number of rotatable bonds is 7. The molecule has 2 aliphatic heterocycles. The number of ether oxygens (including phenoxy) is 2. The van der Waals surface area contributed by atoms with Gasteiger partial charge in [-0.15, -0.1) is 0 Å². The summed E-state index contributed by atoms with van der Waals surface area (Å²) < 4.78 is 10.9. The lowest BCUT2D eigenvalue weighted by molar-refractivity contribution is -0.140. The smallest absolute Gasteiger partial charge is 0.295 e. The van der Waals surface area contributed by atoms with E-state index in [1.54, 1.807) is 36.3 Å². The van der Waals surface area contributed by atoms with Crippen LogP contribution in [0.3, 0.4) is 0 Å². The summed E-state index contributed by atoms with van der Waals surface area (Å²) in [5.74, 6) is -0.700. The molecule has 2 atom stereocenters. The summed E-state index contributed by atoms with van der Waals surface area (Å²) in [7, 11) is 1.63. The highest BCUT2D eigenvalue weighted by Crippen LogP contribution is 2.41. The van der Waals surface area contributed by atoms with Crippen molar-refractivity contribution in [2.75, 3.05) is 40.0 Å². The van der Waals surface area contributed by atoms with E-state index < -0.39 is 17.7 Å². The van der Waals surface area contributed by atoms with E-state index >= 15 is 0 Å². The topological polar surface area (TPSA) is 79.3 Å². The number of likely N-dealkylation sites (tertiary alicyclic amines) is 1. The van der Waals surface area contributed by atoms with Crippen LogP contribution in [0.5, 0.6) is 5.75 Å². The molecule has 38 heavy (non-hydrogen) atoms. The first kappa shape index (κ1) is 25.7. The monoisotopic (exact) mass is 512 g/mol. The molecule has 5 rings (SSSR count). The molecule has 1 N–H and O–H groups in total. The molecule has 0 radical (unpaired) electrons. The van der Waals surface area contributed by atoms with E-state index in [1.807, 2.05) is 61.5 Å². The first-order valence-corrected chi connectivity index (χ1v) is 12.8. The van der Waals surface area contributed by atoms with Gasteiger partial charge in [0.05, 0.1) is 38.0 Å². The van der Waals surface area contributed by atoms with Gasteiger partial charge in [0, 0.05) is 25.2 Å². The number of aliphatic hydroxyl groups excluding tert-OH is 1. The van der Waals surface area contributed by atoms with Crippen LogP contribution >= 0.6 is 0 Å². The molecule has 2 heterocycles. The lowest BCUT2D eigenvalue weighted by atomic mass is 9.94. The van der Waals surface area contributed by atoms with E-state index in [-0.39, 0.29) is 23.9 Å². The Kier molecular flexibility index (Phi) is 7.58. The van der Waals surface area contributed by atoms with Gasteiger partial charge in [0.15, 0.2) is 0 Å². The Balaban J connectivity index is 1.60. The lowest BCUT2D eigenvalue weighted by Crippen LogP contribution is -2.45. The summed E-state index contributed by atoms with van der Waals surface area (Å²) in [5, 5.41) is 11.3. The molecule has 7 nitrogen and oxygen atoms in total. The predicted molar refractivity (Wildman–Crippen MR) is 145 cm³/mol. The summed E-state index contributed by atoms with van der Waals surface area (Å²) >= 11 is 0. The quantitative estimate of drug-likeness (QED) is 0.285. The van der Waals surface area contributed by atoms with Gasteiger partial charge < -0.3 is 19.5 Å². The van der Waals surface area contributed by atoms with Crippen molar-refractivity contribution in [3.63, 3.8) is 0 Å². The minimum Gasteiger partial charge on any atom is -0.507 e. The molecule has 3 aromatic carbocycles. The van der Waals surface area contributed by atoms with Crippen molar-refractivity contribution in [2.24, 2.45) is 0 Å². The van der Waals surface area contributed by atoms with Crippen LogP contribution in [0, 0.1) is 6.92 Å². The van der Waals surface area contributed by atoms with Gasteiger partial charge in [0.2, 0.25) is 0 Å². The SMILES string of the molecule is COc1ccc([C@@H](CN2C(=O)C(=O)C(=C(O)c3ccccc3)[C@@H]2c2ccc(C)cc2)N2CCOCC2)cc1. The molecule has 1 amide bonds. The number of morpholine rings is 1. The maximum absolute atomic E-state index is 13.6. The fourth-order valence-electron chi connectivity index (χ4n) is 5.25. The van der Waals surface area contributed by atoms with Gasteiger partial charge in [-0.1, -0.05) is 72.3 Å². The van der Waals surface area contributed by atoms with E-state index in [2.05, 4.69) is 4.90 Å². The average Bonchev–Trinajstić information content (AvgIpc) is 3.21. The van der Waals surface area contributed by atoms with Crippen molar-refractivity contribution >= 4 is 17.4 Å². The van der Waals surface area contributed by atoms with E-state index in [1.165, 1.54) is 0 Å². The number of carbonyl (C=O) groups excluding carboxylic acids is 2. The van der Waals surface area contributed by atoms with Crippen LogP contribution in [-0.4, -0.2) is 66.6 Å². The van der Waals surface area contributed by atoms with Crippen molar-refractivity contribution in [3.05, 3.63) is 107 Å². The zero-order valence-corrected chi connectivity index (χ0v) is 21.7. The first-order valence-electron chi connectivity index (χ1n) is 12.8. The maximum Gasteiger partial charge on any atom is 0.295 e. The first-order chi connectivity index (χ1) is 18.5. The third-order valence-electron chi connectivity index (χ3n) is 7.34. The molecule has 0 unspecified atom stereocenters. The van der Waals surface area contributed by atoms with E-state index in [4.69, 9.17) is 9.47 Å². The largest absolute Gasteiger partial charge is 0.507 e. The molecule has 0 bridgehead atoms. The molecule has 0 spiro atoms. The number of hydrogen-bond acceptors (Lipinski definition) is 6. The summed E-state index contributed by atoms with van der Waals surface area (Å²) in [6, 6.07) is 23.6. The molecule has 2 fully saturated rings. The highest BCUT2D eigenvalue weighted by molar-refractivity contribution is 6.46. The molecule has 0 saturated carbocycles. The summed E-state index contributed by atoms with van der Waals surface area (Å²) in [4.78, 5) is 31.0. The Bertz CT molecular complexity index is 1310. The van der Waals surface area contributed by atoms with Gasteiger partial charge in [-0.05, 0) is 30.2 Å². The Hall–Kier alpha value is -3.94. The van der Waals surface area contributed by atoms with Gasteiger partial charge >= 0.3 is 0 Å². The van der Waals surface area contributed by atoms with E-state index in [9.17, 15) is 14.7 Å². The molecule has 2 saturated heterocycles. The number of carbonyl (C=O) groups is 2. The standard InChI is InChI=1S/C31H32N2O5/c1-21-8-10-23(11-9-21)28-27(29(34)24-6-4-3-5-7-24)30(35)31(36)33(28)20-26(32-16-18-38-19-17-32)22-12-14-25(37-2)15-13-22/h3-15,26,28,34H,16-20H2,1-2H3/t26-,28+/m1/s1. The minimum atomic E-state index is -0.711. The summed E-state index contributed by atoms with van der Waals surface area (Å²) in [6.45, 7) is 4.88. The third kappa shape index (κ3) is 5.08. The second-order valence-corrected chi connectivity index (χ2v) is 9.67. The van der Waals surface area contributed by atoms with Gasteiger partial charge in [0.25, 0.3) is 11.7 Å². The highest BCUT2D eigenvalue weighted by atomic mass is 16.5. The van der Waals surface area contributed by atoms with Crippen LogP contribution in [0.25, 0.3) is 5.76 Å². The maximum atomic E-state index is 13.6. The summed E-state index contributed by atoms with van der Waals surface area (Å²) in [5.41, 5.74) is 3.48. The van der Waals surface area contributed by atoms with Gasteiger partial charge in [0.1, 0.15) is 11.5 Å². The Morgan fingerprint density at radius 3 is 2.26 bits per heavy atom. The number of benzene rings is 3. The number of aliphatic hydroxyl groups is 1. The number of ketones is 1. The molecule has 3 aromatic rings. The molecule has 196 valence electrons. The number of amides is 1. The number of Topliss-reactive ketones (excluding diaryl/α,β-unsaturated/α-hetero) is 1. The molecule has 2 aliphatic rings. The second-order valence-electron chi connectivity index (χ2n) is 9.67. The van der Waals surface area contributed by atoms with E-state index in [0.717, 1.165) is 22.4 Å². The van der Waals surface area contributed by atoms with Crippen molar-refractivity contribution < 1.29 is 24.2 Å². The molecular weight excluding hydrogens is 480 g/mol. The van der Waals surface area contributed by atoms with Crippen LogP contribution in [-0.2, 0) is 14.3 Å². The zero-order chi connectivity index (χ0) is 26.6. The fourth-order valence-corrected chi connectivity index (χ4v) is 5.25. The zero-order valence-electron chi connectivity index (χ0n) is 21.7. The number of nitrogens with zero attached hydrogens (tertiary/aromatic N) is 2. The van der Waals surface area contributed by atoms with Crippen LogP contribution in [0.4, 0.5) is 0 Å². The summed E-state index contributed by atoms with van der Waals surface area (Å²) in [6.07, 6.45) is 0. The van der Waals surface area contributed by atoms with Gasteiger partial charge in [-0.2, -0.15) is 0 Å². The Labute approximate surface area is 222 Å². The number of methoxy groups -OCH3 is 1. The highest BCUT2D eigenvalue weighted by Gasteiger charge is 2.47. The van der Waals surface area contributed by atoms with Crippen molar-refractivity contribution in [2.45, 2.75) is 19.0 Å². The number of hydrogen-bond donors (Lipinski definition) is 1. The van der Waals surface area contributed by atoms with Gasteiger partial charge in [-0.25, -0.2) is 0 Å². The lowest BCUT2D eigenvalue weighted by Gasteiger charge is -2.38. The molecule has 0 aromatic heterocycles. The normalized spacial score (nSPS) is 20.5. The van der Waals surface area contributed by atoms with Crippen LogP contribution in [0.1, 0.15) is 34.3 Å². The molecule has 0 aliphatic carbocycles. The van der Waals surface area contributed by atoms with Crippen molar-refractivity contribution in [1.82, 2.24) is 9.80 Å². The Morgan fingerprint density at radius 1 is 0.974 bits per heavy atom. The van der Waals surface area contributed by atoms with Crippen LogP contribution in [0.2, 0.25) is 0 Å². The molecule has 7 heteroatoms. The number of aryl methyl sites for hydroxylation is 1. The minimum absolute atomic E-state index is 0.112. The van der Waals surface area contributed by atoms with Crippen molar-refractivity contribution in [1.29, 1.82) is 0 Å². The molecular formula is C31H32N2O5. The van der Waals surface area contributed by atoms with E-state index in [0.29, 0.717) is 31.9 Å².